The minimum atomic E-state index is 0.225. The molecule has 0 bridgehead atoms. The van der Waals surface area contributed by atoms with Crippen LogP contribution in [0.5, 0.6) is 5.75 Å². The van der Waals surface area contributed by atoms with E-state index in [4.69, 9.17) is 4.74 Å². The van der Waals surface area contributed by atoms with Crippen LogP contribution in [0.4, 0.5) is 5.69 Å². The maximum Gasteiger partial charge on any atom is 0.233 e. The molecule has 7 heteroatoms. The summed E-state index contributed by atoms with van der Waals surface area (Å²) >= 11 is 1.53. The van der Waals surface area contributed by atoms with Gasteiger partial charge in [-0.1, -0.05) is 30.0 Å². The molecule has 2 saturated heterocycles. The Balaban J connectivity index is 1.28. The number of pyridine rings is 1. The molecule has 0 aliphatic carbocycles. The number of ether oxygens (including phenoxy) is 1. The lowest BCUT2D eigenvalue weighted by Crippen LogP contribution is -2.56. The molecular weight excluding hydrogens is 396 g/mol. The Morgan fingerprint density at radius 1 is 1.10 bits per heavy atom. The molecule has 1 aromatic heterocycles. The molecule has 2 aliphatic rings. The summed E-state index contributed by atoms with van der Waals surface area (Å²) in [6.07, 6.45) is 4.03. The van der Waals surface area contributed by atoms with Crippen molar-refractivity contribution in [3.8, 4) is 5.75 Å². The Kier molecular flexibility index (Phi) is 7.12. The SMILES string of the molecule is COc1ccccc1N1CCN(C2CCCN(C(=O)CSc3ccccn3)C2)CC1. The number of thioether (sulfide) groups is 1. The second kappa shape index (κ2) is 10.2. The number of hydrogen-bond acceptors (Lipinski definition) is 6. The molecule has 1 aromatic carbocycles. The third-order valence-corrected chi connectivity index (χ3v) is 6.92. The van der Waals surface area contributed by atoms with Crippen molar-refractivity contribution < 1.29 is 9.53 Å². The van der Waals surface area contributed by atoms with Gasteiger partial charge in [-0.15, -0.1) is 0 Å². The van der Waals surface area contributed by atoms with Gasteiger partial charge in [0.15, 0.2) is 0 Å². The van der Waals surface area contributed by atoms with E-state index in [1.807, 2.05) is 30.3 Å². The fourth-order valence-corrected chi connectivity index (χ4v) is 5.12. The summed E-state index contributed by atoms with van der Waals surface area (Å²) in [6, 6.07) is 14.5. The maximum absolute atomic E-state index is 12.7. The summed E-state index contributed by atoms with van der Waals surface area (Å²) in [5, 5.41) is 0.909. The van der Waals surface area contributed by atoms with Gasteiger partial charge in [-0.25, -0.2) is 4.98 Å². The minimum absolute atomic E-state index is 0.225. The van der Waals surface area contributed by atoms with Gasteiger partial charge >= 0.3 is 0 Å². The number of amides is 1. The maximum atomic E-state index is 12.7. The van der Waals surface area contributed by atoms with Gasteiger partial charge in [0.2, 0.25) is 5.91 Å². The van der Waals surface area contributed by atoms with Gasteiger partial charge in [-0.2, -0.15) is 0 Å². The van der Waals surface area contributed by atoms with Crippen LogP contribution >= 0.6 is 11.8 Å². The highest BCUT2D eigenvalue weighted by Gasteiger charge is 2.30. The predicted octanol–water partition coefficient (Wildman–Crippen LogP) is 3.00. The second-order valence-electron chi connectivity index (χ2n) is 7.79. The number of para-hydroxylation sites is 2. The van der Waals surface area contributed by atoms with Crippen LogP contribution in [0.15, 0.2) is 53.7 Å². The number of nitrogens with zero attached hydrogens (tertiary/aromatic N) is 4. The van der Waals surface area contributed by atoms with E-state index in [1.165, 1.54) is 23.9 Å². The van der Waals surface area contributed by atoms with Gasteiger partial charge in [0.25, 0.3) is 0 Å². The number of rotatable bonds is 6. The monoisotopic (exact) mass is 426 g/mol. The molecule has 4 rings (SSSR count). The van der Waals surface area contributed by atoms with Crippen LogP contribution < -0.4 is 9.64 Å². The van der Waals surface area contributed by atoms with Crippen LogP contribution in [-0.2, 0) is 4.79 Å². The molecule has 0 spiro atoms. The number of carbonyl (C=O) groups excluding carboxylic acids is 1. The quantitative estimate of drug-likeness (QED) is 0.662. The van der Waals surface area contributed by atoms with E-state index in [1.54, 1.807) is 13.3 Å². The van der Waals surface area contributed by atoms with Crippen LogP contribution in [0, 0.1) is 0 Å². The summed E-state index contributed by atoms with van der Waals surface area (Å²) in [7, 11) is 1.73. The summed E-state index contributed by atoms with van der Waals surface area (Å²) in [5.74, 6) is 1.62. The molecule has 1 atom stereocenters. The molecule has 2 aromatic rings. The average molecular weight is 427 g/mol. The predicted molar refractivity (Wildman–Crippen MR) is 121 cm³/mol. The number of hydrogen-bond donors (Lipinski definition) is 0. The zero-order valence-electron chi connectivity index (χ0n) is 17.6. The highest BCUT2D eigenvalue weighted by molar-refractivity contribution is 7.99. The van der Waals surface area contributed by atoms with E-state index in [2.05, 4.69) is 31.8 Å². The Hall–Kier alpha value is -2.25. The van der Waals surface area contributed by atoms with Gasteiger partial charge in [0, 0.05) is 51.5 Å². The number of likely N-dealkylation sites (tertiary alicyclic amines) is 1. The molecule has 160 valence electrons. The zero-order valence-corrected chi connectivity index (χ0v) is 18.4. The van der Waals surface area contributed by atoms with Crippen LogP contribution in [-0.4, -0.2) is 78.9 Å². The molecule has 2 aliphatic heterocycles. The van der Waals surface area contributed by atoms with Crippen LogP contribution in [0.2, 0.25) is 0 Å². The van der Waals surface area contributed by atoms with Crippen molar-refractivity contribution in [3.05, 3.63) is 48.7 Å². The number of piperazine rings is 1. The van der Waals surface area contributed by atoms with Crippen molar-refractivity contribution in [2.75, 3.05) is 57.0 Å². The van der Waals surface area contributed by atoms with Gasteiger partial charge in [-0.05, 0) is 37.1 Å². The molecular formula is C23H30N4O2S. The fraction of sp³-hybridized carbons (Fsp3) is 0.478. The van der Waals surface area contributed by atoms with Gasteiger partial charge in [0.1, 0.15) is 5.75 Å². The lowest BCUT2D eigenvalue weighted by molar-refractivity contribution is -0.130. The van der Waals surface area contributed by atoms with Crippen molar-refractivity contribution in [1.29, 1.82) is 0 Å². The third-order valence-electron chi connectivity index (χ3n) is 5.99. The average Bonchev–Trinajstić information content (AvgIpc) is 2.83. The van der Waals surface area contributed by atoms with E-state index < -0.39 is 0 Å². The highest BCUT2D eigenvalue weighted by Crippen LogP contribution is 2.29. The highest BCUT2D eigenvalue weighted by atomic mass is 32.2. The lowest BCUT2D eigenvalue weighted by Gasteiger charge is -2.44. The Labute approximate surface area is 183 Å². The van der Waals surface area contributed by atoms with E-state index in [-0.39, 0.29) is 5.91 Å². The standard InChI is InChI=1S/C23H30N4O2S/c1-29-21-9-3-2-8-20(21)26-15-13-25(14-16-26)19-7-6-12-27(17-19)23(28)18-30-22-10-4-5-11-24-22/h2-5,8-11,19H,6-7,12-18H2,1H3. The molecule has 0 radical (unpaired) electrons. The van der Waals surface area contributed by atoms with Gasteiger partial charge in [-0.3, -0.25) is 9.69 Å². The van der Waals surface area contributed by atoms with Crippen LogP contribution in [0.1, 0.15) is 12.8 Å². The van der Waals surface area contributed by atoms with E-state index in [0.29, 0.717) is 11.8 Å². The molecule has 2 fully saturated rings. The largest absolute Gasteiger partial charge is 0.495 e. The first-order valence-electron chi connectivity index (χ1n) is 10.7. The van der Waals surface area contributed by atoms with Crippen molar-refractivity contribution in [3.63, 3.8) is 0 Å². The smallest absolute Gasteiger partial charge is 0.233 e. The van der Waals surface area contributed by atoms with Crippen molar-refractivity contribution >= 4 is 23.4 Å². The fourth-order valence-electron chi connectivity index (χ4n) is 4.36. The number of aromatic nitrogens is 1. The normalized spacial score (nSPS) is 20.2. The summed E-state index contributed by atoms with van der Waals surface area (Å²) in [4.78, 5) is 24.1. The topological polar surface area (TPSA) is 48.9 Å². The summed E-state index contributed by atoms with van der Waals surface area (Å²) in [6.45, 7) is 5.73. The van der Waals surface area contributed by atoms with Crippen LogP contribution in [0.25, 0.3) is 0 Å². The number of benzene rings is 1. The molecule has 6 nitrogen and oxygen atoms in total. The van der Waals surface area contributed by atoms with Crippen molar-refractivity contribution in [2.24, 2.45) is 0 Å². The molecule has 3 heterocycles. The second-order valence-corrected chi connectivity index (χ2v) is 8.78. The molecule has 1 unspecified atom stereocenters. The third kappa shape index (κ3) is 5.08. The number of piperidine rings is 1. The van der Waals surface area contributed by atoms with Crippen molar-refractivity contribution in [1.82, 2.24) is 14.8 Å². The number of methoxy groups -OCH3 is 1. The summed E-state index contributed by atoms with van der Waals surface area (Å²) < 4.78 is 5.53. The minimum Gasteiger partial charge on any atom is -0.495 e. The Morgan fingerprint density at radius 3 is 2.67 bits per heavy atom. The van der Waals surface area contributed by atoms with E-state index >= 15 is 0 Å². The lowest BCUT2D eigenvalue weighted by atomic mass is 10.0. The molecule has 1 amide bonds. The Bertz CT molecular complexity index is 827. The number of anilines is 1. The Morgan fingerprint density at radius 2 is 1.90 bits per heavy atom. The van der Waals surface area contributed by atoms with E-state index in [0.717, 1.165) is 56.5 Å². The first-order valence-corrected chi connectivity index (χ1v) is 11.7. The molecule has 0 saturated carbocycles. The number of carbonyl (C=O) groups is 1. The summed E-state index contributed by atoms with van der Waals surface area (Å²) in [5.41, 5.74) is 1.17. The first-order chi connectivity index (χ1) is 14.7. The van der Waals surface area contributed by atoms with Crippen LogP contribution in [0.3, 0.4) is 0 Å². The molecule has 0 N–H and O–H groups in total. The van der Waals surface area contributed by atoms with Gasteiger partial charge in [0.05, 0.1) is 23.6 Å². The van der Waals surface area contributed by atoms with Gasteiger partial charge < -0.3 is 14.5 Å². The van der Waals surface area contributed by atoms with E-state index in [9.17, 15) is 4.79 Å². The zero-order chi connectivity index (χ0) is 20.8. The van der Waals surface area contributed by atoms with Crippen molar-refractivity contribution in [2.45, 2.75) is 23.9 Å². The molecule has 30 heavy (non-hydrogen) atoms. The first kappa shape index (κ1) is 21.0.